The molecule has 0 aliphatic heterocycles. The van der Waals surface area contributed by atoms with Crippen LogP contribution >= 0.6 is 28.3 Å². The van der Waals surface area contributed by atoms with Crippen molar-refractivity contribution in [1.82, 2.24) is 5.32 Å². The molecule has 0 aliphatic rings. The lowest BCUT2D eigenvalue weighted by Gasteiger charge is -2.17. The summed E-state index contributed by atoms with van der Waals surface area (Å²) in [5.74, 6) is -0.0589. The molecule has 0 aliphatic carbocycles. The van der Waals surface area contributed by atoms with Crippen molar-refractivity contribution < 1.29 is 4.79 Å². The van der Waals surface area contributed by atoms with E-state index in [0.29, 0.717) is 0 Å². The molecule has 2 unspecified atom stereocenters. The summed E-state index contributed by atoms with van der Waals surface area (Å²) in [6.07, 6.45) is 2.45. The van der Waals surface area contributed by atoms with Gasteiger partial charge in [-0.15, -0.1) is 12.4 Å². The Morgan fingerprint density at radius 2 is 2.05 bits per heavy atom. The van der Waals surface area contributed by atoms with E-state index in [4.69, 9.17) is 5.73 Å². The van der Waals surface area contributed by atoms with Gasteiger partial charge in [0.05, 0.1) is 6.04 Å². The van der Waals surface area contributed by atoms with E-state index < -0.39 is 6.04 Å². The maximum absolute atomic E-state index is 11.8. The molecule has 1 amide bonds. The molecule has 0 saturated heterocycles. The smallest absolute Gasteiger partial charge is 0.237 e. The number of carbonyl (C=O) groups is 1. The molecule has 1 rings (SSSR count). The molecule has 3 N–H and O–H groups in total. The Morgan fingerprint density at radius 3 is 2.63 bits per heavy atom. The van der Waals surface area contributed by atoms with Crippen molar-refractivity contribution in [2.45, 2.75) is 45.2 Å². The Bertz CT molecular complexity index is 401. The molecule has 0 saturated carbocycles. The zero-order valence-electron chi connectivity index (χ0n) is 11.4. The highest BCUT2D eigenvalue weighted by molar-refractivity contribution is 9.10. The summed E-state index contributed by atoms with van der Waals surface area (Å²) in [7, 11) is 0. The van der Waals surface area contributed by atoms with Crippen LogP contribution in [0.4, 0.5) is 0 Å². The van der Waals surface area contributed by atoms with Gasteiger partial charge in [-0.25, -0.2) is 0 Å². The zero-order chi connectivity index (χ0) is 13.5. The SMILES string of the molecule is CCCC(N)C(=O)NC(C)Cc1ccccc1Br.Cl. The number of halogens is 2. The minimum absolute atomic E-state index is 0. The van der Waals surface area contributed by atoms with Crippen LogP contribution < -0.4 is 11.1 Å². The van der Waals surface area contributed by atoms with E-state index in [2.05, 4.69) is 27.3 Å². The largest absolute Gasteiger partial charge is 0.352 e. The maximum atomic E-state index is 11.8. The summed E-state index contributed by atoms with van der Waals surface area (Å²) in [5, 5.41) is 2.96. The van der Waals surface area contributed by atoms with Gasteiger partial charge in [0.1, 0.15) is 0 Å². The van der Waals surface area contributed by atoms with Gasteiger partial charge in [0.2, 0.25) is 5.91 Å². The van der Waals surface area contributed by atoms with Crippen molar-refractivity contribution in [3.05, 3.63) is 34.3 Å². The van der Waals surface area contributed by atoms with Gasteiger partial charge in [-0.3, -0.25) is 4.79 Å². The van der Waals surface area contributed by atoms with E-state index in [1.165, 1.54) is 5.56 Å². The van der Waals surface area contributed by atoms with Crippen LogP contribution in [0.5, 0.6) is 0 Å². The van der Waals surface area contributed by atoms with Gasteiger partial charge in [-0.2, -0.15) is 0 Å². The van der Waals surface area contributed by atoms with Crippen molar-refractivity contribution in [3.8, 4) is 0 Å². The van der Waals surface area contributed by atoms with Crippen LogP contribution in [0.15, 0.2) is 28.7 Å². The molecule has 0 bridgehead atoms. The predicted molar refractivity (Wildman–Crippen MR) is 85.6 cm³/mol. The number of carbonyl (C=O) groups excluding carboxylic acids is 1. The van der Waals surface area contributed by atoms with E-state index in [0.717, 1.165) is 23.7 Å². The Hall–Kier alpha value is -0.580. The van der Waals surface area contributed by atoms with E-state index in [1.54, 1.807) is 0 Å². The fourth-order valence-corrected chi connectivity index (χ4v) is 2.28. The molecule has 0 fully saturated rings. The minimum atomic E-state index is -0.392. The molecule has 0 aromatic heterocycles. The number of nitrogens with two attached hydrogens (primary N) is 1. The summed E-state index contributed by atoms with van der Waals surface area (Å²) in [6.45, 7) is 4.02. The number of amides is 1. The van der Waals surface area contributed by atoms with Crippen molar-refractivity contribution >= 4 is 34.2 Å². The van der Waals surface area contributed by atoms with Crippen LogP contribution in [-0.4, -0.2) is 18.0 Å². The molecule has 19 heavy (non-hydrogen) atoms. The van der Waals surface area contributed by atoms with Crippen LogP contribution in [0.1, 0.15) is 32.3 Å². The first-order valence-electron chi connectivity index (χ1n) is 6.34. The molecule has 0 radical (unpaired) electrons. The third-order valence-corrected chi connectivity index (χ3v) is 3.58. The first-order valence-corrected chi connectivity index (χ1v) is 7.13. The molecule has 3 nitrogen and oxygen atoms in total. The summed E-state index contributed by atoms with van der Waals surface area (Å²) >= 11 is 3.51. The lowest BCUT2D eigenvalue weighted by molar-refractivity contribution is -0.123. The summed E-state index contributed by atoms with van der Waals surface area (Å²) in [5.41, 5.74) is 6.97. The number of rotatable bonds is 6. The fourth-order valence-electron chi connectivity index (χ4n) is 1.84. The first-order chi connectivity index (χ1) is 8.54. The van der Waals surface area contributed by atoms with E-state index in [9.17, 15) is 4.79 Å². The zero-order valence-corrected chi connectivity index (χ0v) is 13.8. The van der Waals surface area contributed by atoms with E-state index in [1.807, 2.05) is 32.0 Å². The average Bonchev–Trinajstić information content (AvgIpc) is 2.32. The minimum Gasteiger partial charge on any atom is -0.352 e. The third kappa shape index (κ3) is 6.41. The molecular formula is C14H22BrClN2O. The lowest BCUT2D eigenvalue weighted by atomic mass is 10.1. The molecule has 0 heterocycles. The molecular weight excluding hydrogens is 328 g/mol. The molecule has 108 valence electrons. The average molecular weight is 350 g/mol. The second kappa shape index (κ2) is 9.34. The van der Waals surface area contributed by atoms with Crippen molar-refractivity contribution in [1.29, 1.82) is 0 Å². The van der Waals surface area contributed by atoms with Gasteiger partial charge in [0.15, 0.2) is 0 Å². The molecule has 1 aromatic carbocycles. The molecule has 1 aromatic rings. The Morgan fingerprint density at radius 1 is 1.42 bits per heavy atom. The van der Waals surface area contributed by atoms with Crippen LogP contribution in [-0.2, 0) is 11.2 Å². The van der Waals surface area contributed by atoms with Gasteiger partial charge in [-0.05, 0) is 31.4 Å². The van der Waals surface area contributed by atoms with Gasteiger partial charge in [-0.1, -0.05) is 47.5 Å². The fraction of sp³-hybridized carbons (Fsp3) is 0.500. The summed E-state index contributed by atoms with van der Waals surface area (Å²) < 4.78 is 1.07. The van der Waals surface area contributed by atoms with Crippen LogP contribution in [0.25, 0.3) is 0 Å². The van der Waals surface area contributed by atoms with Gasteiger partial charge >= 0.3 is 0 Å². The highest BCUT2D eigenvalue weighted by Gasteiger charge is 2.15. The monoisotopic (exact) mass is 348 g/mol. The number of hydrogen-bond donors (Lipinski definition) is 2. The number of nitrogens with one attached hydrogen (secondary N) is 1. The van der Waals surface area contributed by atoms with Crippen molar-refractivity contribution in [3.63, 3.8) is 0 Å². The van der Waals surface area contributed by atoms with Gasteiger partial charge < -0.3 is 11.1 Å². The lowest BCUT2D eigenvalue weighted by Crippen LogP contribution is -2.45. The van der Waals surface area contributed by atoms with Gasteiger partial charge in [0, 0.05) is 10.5 Å². The molecule has 2 atom stereocenters. The topological polar surface area (TPSA) is 55.1 Å². The first kappa shape index (κ1) is 18.4. The van der Waals surface area contributed by atoms with Crippen LogP contribution in [0, 0.1) is 0 Å². The van der Waals surface area contributed by atoms with Crippen LogP contribution in [0.2, 0.25) is 0 Å². The summed E-state index contributed by atoms with van der Waals surface area (Å²) in [4.78, 5) is 11.8. The highest BCUT2D eigenvalue weighted by atomic mass is 79.9. The van der Waals surface area contributed by atoms with Crippen LogP contribution in [0.3, 0.4) is 0 Å². The summed E-state index contributed by atoms with van der Waals surface area (Å²) in [6, 6.07) is 7.73. The quantitative estimate of drug-likeness (QED) is 0.829. The number of hydrogen-bond acceptors (Lipinski definition) is 2. The van der Waals surface area contributed by atoms with Gasteiger partial charge in [0.25, 0.3) is 0 Å². The third-order valence-electron chi connectivity index (χ3n) is 2.81. The van der Waals surface area contributed by atoms with Crippen molar-refractivity contribution in [2.75, 3.05) is 0 Å². The normalized spacial score (nSPS) is 13.3. The Kier molecular flexibility index (Phi) is 9.06. The van der Waals surface area contributed by atoms with E-state index in [-0.39, 0.29) is 24.4 Å². The predicted octanol–water partition coefficient (Wildman–Crippen LogP) is 3.05. The standard InChI is InChI=1S/C14H21BrN2O.ClH/c1-3-6-13(16)14(18)17-10(2)9-11-7-4-5-8-12(11)15;/h4-5,7-8,10,13H,3,6,9,16H2,1-2H3,(H,17,18);1H. The van der Waals surface area contributed by atoms with Crippen molar-refractivity contribution in [2.24, 2.45) is 5.73 Å². The highest BCUT2D eigenvalue weighted by Crippen LogP contribution is 2.17. The second-order valence-electron chi connectivity index (χ2n) is 4.60. The molecule has 0 spiro atoms. The Labute approximate surface area is 129 Å². The van der Waals surface area contributed by atoms with E-state index >= 15 is 0 Å². The maximum Gasteiger partial charge on any atom is 0.237 e. The number of benzene rings is 1. The second-order valence-corrected chi connectivity index (χ2v) is 5.45. The Balaban J connectivity index is 0.00000324. The molecule has 5 heteroatoms.